The van der Waals surface area contributed by atoms with Crippen molar-refractivity contribution in [3.8, 4) is 28.3 Å². The quantitative estimate of drug-likeness (QED) is 0.206. The normalized spacial score (nSPS) is 11.5. The maximum Gasteiger partial charge on any atom is 0.300 e. The van der Waals surface area contributed by atoms with E-state index in [2.05, 4.69) is 10.3 Å². The van der Waals surface area contributed by atoms with Crippen LogP contribution in [-0.2, 0) is 5.92 Å². The molecule has 38 heavy (non-hydrogen) atoms. The number of amides is 1. The van der Waals surface area contributed by atoms with Crippen molar-refractivity contribution < 1.29 is 27.4 Å². The zero-order valence-corrected chi connectivity index (χ0v) is 21.7. The van der Waals surface area contributed by atoms with Crippen molar-refractivity contribution in [2.24, 2.45) is 0 Å². The Labute approximate surface area is 218 Å². The van der Waals surface area contributed by atoms with Gasteiger partial charge in [-0.3, -0.25) is 4.79 Å². The molecule has 6 nitrogen and oxygen atoms in total. The van der Waals surface area contributed by atoms with Gasteiger partial charge in [0.05, 0.1) is 7.11 Å². The van der Waals surface area contributed by atoms with Gasteiger partial charge in [0.2, 0.25) is 5.69 Å². The Bertz CT molecular complexity index is 1510. The maximum atomic E-state index is 15.3. The fraction of sp³-hybridized carbons (Fsp3) is 0.241. The molecule has 0 atom stereocenters. The number of aryl methyl sites for hydroxylation is 3. The summed E-state index contributed by atoms with van der Waals surface area (Å²) in [7, 11) is 1.44. The highest BCUT2D eigenvalue weighted by Gasteiger charge is 2.31. The van der Waals surface area contributed by atoms with E-state index in [1.165, 1.54) is 57.4 Å². The van der Waals surface area contributed by atoms with Crippen LogP contribution in [0.1, 0.15) is 46.2 Å². The molecule has 4 aromatic rings. The zero-order chi connectivity index (χ0) is 27.8. The van der Waals surface area contributed by atoms with Crippen molar-refractivity contribution >= 4 is 11.6 Å². The molecule has 0 spiro atoms. The van der Waals surface area contributed by atoms with E-state index in [0.717, 1.165) is 16.7 Å². The second-order valence-corrected chi connectivity index (χ2v) is 9.13. The monoisotopic (exact) mass is 523 g/mol. The molecule has 1 aromatic heterocycles. The highest BCUT2D eigenvalue weighted by Crippen LogP contribution is 2.39. The van der Waals surface area contributed by atoms with E-state index in [9.17, 15) is 18.8 Å². The van der Waals surface area contributed by atoms with Gasteiger partial charge in [0.1, 0.15) is 17.1 Å². The molecule has 0 saturated carbocycles. The van der Waals surface area contributed by atoms with Gasteiger partial charge in [-0.1, -0.05) is 37.3 Å². The van der Waals surface area contributed by atoms with Crippen LogP contribution >= 0.6 is 0 Å². The number of aromatic nitrogens is 2. The van der Waals surface area contributed by atoms with E-state index >= 15 is 4.39 Å². The topological polar surface area (TPSA) is 81.1 Å². The summed E-state index contributed by atoms with van der Waals surface area (Å²) in [6.45, 7) is 6.71. The van der Waals surface area contributed by atoms with Crippen LogP contribution in [-0.4, -0.2) is 18.0 Å². The van der Waals surface area contributed by atoms with Gasteiger partial charge < -0.3 is 15.3 Å². The number of carbonyl (C=O) groups excluding carboxylic acids is 1. The van der Waals surface area contributed by atoms with Gasteiger partial charge in [0.15, 0.2) is 5.69 Å². The van der Waals surface area contributed by atoms with Gasteiger partial charge in [0, 0.05) is 36.2 Å². The van der Waals surface area contributed by atoms with Crippen LogP contribution in [0.15, 0.2) is 54.6 Å². The van der Waals surface area contributed by atoms with Crippen molar-refractivity contribution in [2.45, 2.75) is 40.0 Å². The average molecular weight is 524 g/mol. The summed E-state index contributed by atoms with van der Waals surface area (Å²) < 4.78 is 49.3. The lowest BCUT2D eigenvalue weighted by Crippen LogP contribution is -2.36. The second-order valence-electron chi connectivity index (χ2n) is 9.13. The lowest BCUT2D eigenvalue weighted by molar-refractivity contribution is -0.594. The molecule has 4 rings (SSSR count). The molecule has 1 heterocycles. The maximum absolute atomic E-state index is 15.3. The Kier molecular flexibility index (Phi) is 7.22. The molecular weight excluding hydrogens is 495 g/mol. The lowest BCUT2D eigenvalue weighted by Gasteiger charge is -2.16. The number of halogens is 3. The number of anilines is 1. The summed E-state index contributed by atoms with van der Waals surface area (Å²) in [6, 6.07) is 13.8. The summed E-state index contributed by atoms with van der Waals surface area (Å²) >= 11 is 0. The predicted octanol–water partition coefficient (Wildman–Crippen LogP) is 6.81. The first-order chi connectivity index (χ1) is 18.0. The highest BCUT2D eigenvalue weighted by molar-refractivity contribution is 6.03. The van der Waals surface area contributed by atoms with Crippen molar-refractivity contribution in [2.75, 3.05) is 12.4 Å². The zero-order valence-electron chi connectivity index (χ0n) is 21.7. The van der Waals surface area contributed by atoms with Gasteiger partial charge in [-0.25, -0.2) is 22.9 Å². The van der Waals surface area contributed by atoms with E-state index in [1.54, 1.807) is 0 Å². The van der Waals surface area contributed by atoms with E-state index in [0.29, 0.717) is 16.0 Å². The van der Waals surface area contributed by atoms with E-state index in [1.807, 2.05) is 32.0 Å². The Hall–Kier alpha value is -4.27. The van der Waals surface area contributed by atoms with Crippen LogP contribution in [0.2, 0.25) is 0 Å². The number of ether oxygens (including phenoxy) is 1. The fourth-order valence-corrected chi connectivity index (χ4v) is 4.55. The second kappa shape index (κ2) is 10.2. The Morgan fingerprint density at radius 2 is 1.71 bits per heavy atom. The largest absolute Gasteiger partial charge is 0.710 e. The van der Waals surface area contributed by atoms with Crippen LogP contribution < -0.4 is 14.8 Å². The minimum atomic E-state index is -3.06. The van der Waals surface area contributed by atoms with Crippen molar-refractivity contribution in [1.29, 1.82) is 0 Å². The van der Waals surface area contributed by atoms with Gasteiger partial charge >= 0.3 is 0 Å². The summed E-state index contributed by atoms with van der Waals surface area (Å²) in [5.74, 6) is -4.47. The third kappa shape index (κ3) is 4.83. The van der Waals surface area contributed by atoms with Crippen LogP contribution in [0.5, 0.6) is 5.75 Å². The first-order valence-electron chi connectivity index (χ1n) is 12.0. The molecule has 1 amide bonds. The molecule has 0 bridgehead atoms. The van der Waals surface area contributed by atoms with Crippen LogP contribution in [0, 0.1) is 31.8 Å². The number of H-pyrrole nitrogens is 1. The van der Waals surface area contributed by atoms with Gasteiger partial charge in [-0.15, -0.1) is 0 Å². The molecule has 3 aromatic carbocycles. The number of hydrogen-bond acceptors (Lipinski definition) is 3. The lowest BCUT2D eigenvalue weighted by atomic mass is 9.93. The van der Waals surface area contributed by atoms with Gasteiger partial charge in [-0.05, 0) is 48.7 Å². The number of carbonyl (C=O) groups is 1. The third-order valence-corrected chi connectivity index (χ3v) is 6.56. The fourth-order valence-electron chi connectivity index (χ4n) is 4.55. The average Bonchev–Trinajstić information content (AvgIpc) is 3.17. The predicted molar refractivity (Wildman–Crippen MR) is 140 cm³/mol. The van der Waals surface area contributed by atoms with Gasteiger partial charge in [-0.2, -0.15) is 0 Å². The summed E-state index contributed by atoms with van der Waals surface area (Å²) in [5, 5.41) is 15.8. The minimum Gasteiger partial charge on any atom is -0.710 e. The van der Waals surface area contributed by atoms with Crippen LogP contribution in [0.3, 0.4) is 0 Å². The summed E-state index contributed by atoms with van der Waals surface area (Å²) in [6.07, 6.45) is -0.400. The van der Waals surface area contributed by atoms with Crippen molar-refractivity contribution in [3.05, 3.63) is 93.7 Å². The SMILES string of the molecule is CCC(F)(F)c1cccc(NC(=O)c2c(C)[nH]c(-c3cc(-c4c(C)cccc4C)c(OC)cc3F)[n+]2[O-])c1. The molecule has 198 valence electrons. The molecule has 9 heteroatoms. The number of nitrogens with zero attached hydrogens (tertiary/aromatic N) is 1. The Morgan fingerprint density at radius 1 is 1.05 bits per heavy atom. The molecule has 0 radical (unpaired) electrons. The summed E-state index contributed by atoms with van der Waals surface area (Å²) in [4.78, 5) is 15.9. The molecule has 2 N–H and O–H groups in total. The number of imidazole rings is 1. The first kappa shape index (κ1) is 26.8. The van der Waals surface area contributed by atoms with E-state index in [4.69, 9.17) is 4.74 Å². The molecule has 0 aliphatic carbocycles. The molecule has 0 unspecified atom stereocenters. The van der Waals surface area contributed by atoms with Crippen molar-refractivity contribution in [1.82, 2.24) is 4.98 Å². The number of rotatable bonds is 7. The molecular formula is C29H28F3N3O3. The number of aromatic amines is 1. The van der Waals surface area contributed by atoms with E-state index < -0.39 is 24.1 Å². The standard InChI is InChI=1S/C29H28F3N3O3/c1-6-29(31,32)19-11-8-12-20(13-19)34-28(36)26-18(4)33-27(35(26)37)21-14-22(24(38-5)15-23(21)30)25-16(2)9-7-10-17(25)3/h7-15,33H,6H2,1-5H3,(H,34,36). The number of alkyl halides is 2. The Morgan fingerprint density at radius 3 is 2.34 bits per heavy atom. The smallest absolute Gasteiger partial charge is 0.300 e. The van der Waals surface area contributed by atoms with E-state index in [-0.39, 0.29) is 34.0 Å². The number of hydrogen-bond donors (Lipinski definition) is 2. The highest BCUT2D eigenvalue weighted by atomic mass is 19.3. The summed E-state index contributed by atoms with van der Waals surface area (Å²) in [5.41, 5.74) is 2.99. The minimum absolute atomic E-state index is 0.0508. The molecule has 0 aliphatic rings. The first-order valence-corrected chi connectivity index (χ1v) is 12.0. The molecule has 0 fully saturated rings. The molecule has 0 saturated heterocycles. The third-order valence-electron chi connectivity index (χ3n) is 6.56. The van der Waals surface area contributed by atoms with Crippen LogP contribution in [0.4, 0.5) is 18.9 Å². The van der Waals surface area contributed by atoms with Gasteiger partial charge in [0.25, 0.3) is 17.7 Å². The van der Waals surface area contributed by atoms with Crippen LogP contribution in [0.25, 0.3) is 22.5 Å². The van der Waals surface area contributed by atoms with Crippen molar-refractivity contribution in [3.63, 3.8) is 0 Å². The molecule has 0 aliphatic heterocycles. The number of methoxy groups -OCH3 is 1. The number of nitrogens with one attached hydrogen (secondary N) is 2. The Balaban J connectivity index is 1.76. The number of benzene rings is 3.